The van der Waals surface area contributed by atoms with Crippen molar-refractivity contribution in [2.24, 2.45) is 0 Å². The van der Waals surface area contributed by atoms with Crippen LogP contribution in [0.1, 0.15) is 5.56 Å². The highest BCUT2D eigenvalue weighted by atomic mass is 32.2. The number of anilines is 6. The minimum absolute atomic E-state index is 0.131. The minimum atomic E-state index is -4.92. The van der Waals surface area contributed by atoms with Gasteiger partial charge in [0.15, 0.2) is 0 Å². The Bertz CT molecular complexity index is 1880. The number of hydrogen-bond donors (Lipinski definition) is 5. The molecule has 0 atom stereocenters. The maximum atomic E-state index is 14.3. The lowest BCUT2D eigenvalue weighted by molar-refractivity contribution is -0.432. The third-order valence-corrected chi connectivity index (χ3v) is 7.11. The minimum Gasteiger partial charge on any atom is -0.350 e. The van der Waals surface area contributed by atoms with Crippen LogP contribution in [0.4, 0.5) is 54.8 Å². The molecule has 0 unspecified atom stereocenters. The zero-order valence-corrected chi connectivity index (χ0v) is 23.2. The van der Waals surface area contributed by atoms with Gasteiger partial charge in [-0.2, -0.15) is 32.2 Å². The van der Waals surface area contributed by atoms with E-state index in [1.807, 2.05) is 0 Å². The lowest BCUT2D eigenvalue weighted by atomic mass is 10.2. The molecule has 22 heteroatoms. The zero-order chi connectivity index (χ0) is 32.2. The van der Waals surface area contributed by atoms with E-state index in [2.05, 4.69) is 40.3 Å². The number of aryl methyl sites for hydroxylation is 1. The van der Waals surface area contributed by atoms with E-state index in [1.54, 1.807) is 19.1 Å². The summed E-state index contributed by atoms with van der Waals surface area (Å²) in [5.41, 5.74) is -2.14. The van der Waals surface area contributed by atoms with E-state index >= 15 is 0 Å². The predicted octanol–water partition coefficient (Wildman–Crippen LogP) is 5.18. The molecule has 4 aromatic rings. The van der Waals surface area contributed by atoms with Crippen LogP contribution in [0.15, 0.2) is 58.3 Å². The highest BCUT2D eigenvalue weighted by Crippen LogP contribution is 2.36. The first kappa shape index (κ1) is 31.8. The number of nitro groups is 2. The Morgan fingerprint density at radius 1 is 0.864 bits per heavy atom. The van der Waals surface area contributed by atoms with Crippen molar-refractivity contribution < 1.29 is 46.2 Å². The number of nitrogens with one attached hydrogen (secondary N) is 3. The Kier molecular flexibility index (Phi) is 9.41. The topological polar surface area (TPSA) is 254 Å². The predicted molar refractivity (Wildman–Crippen MR) is 147 cm³/mol. The van der Waals surface area contributed by atoms with Gasteiger partial charge in [0, 0.05) is 22.3 Å². The van der Waals surface area contributed by atoms with E-state index in [1.165, 1.54) is 6.07 Å². The average molecular weight is 655 g/mol. The molecule has 0 aliphatic carbocycles. The van der Waals surface area contributed by atoms with Crippen LogP contribution in [0.5, 0.6) is 0 Å². The third-order valence-electron chi connectivity index (χ3n) is 5.43. The van der Waals surface area contributed by atoms with Crippen molar-refractivity contribution in [3.8, 4) is 0 Å². The van der Waals surface area contributed by atoms with E-state index in [4.69, 9.17) is 5.26 Å². The summed E-state index contributed by atoms with van der Waals surface area (Å²) in [7, 11) is -4.92. The number of benzene rings is 3. The van der Waals surface area contributed by atoms with Crippen molar-refractivity contribution >= 4 is 68.2 Å². The van der Waals surface area contributed by atoms with Crippen LogP contribution >= 0.6 is 12.0 Å². The van der Waals surface area contributed by atoms with Gasteiger partial charge in [-0.1, -0.05) is 5.04 Å². The van der Waals surface area contributed by atoms with Crippen LogP contribution in [0.3, 0.4) is 0 Å². The Hall–Kier alpha value is -5.13. The first-order valence-corrected chi connectivity index (χ1v) is 13.6. The van der Waals surface area contributed by atoms with Gasteiger partial charge >= 0.3 is 11.8 Å². The lowest BCUT2D eigenvalue weighted by Crippen LogP contribution is -2.09. The van der Waals surface area contributed by atoms with Crippen molar-refractivity contribution in [1.82, 2.24) is 15.0 Å². The largest absolute Gasteiger partial charge is 0.350 e. The summed E-state index contributed by atoms with van der Waals surface area (Å²) in [6.07, 6.45) is -1.30. The van der Waals surface area contributed by atoms with Gasteiger partial charge in [-0.3, -0.25) is 24.8 Å². The SMILES string of the molecule is Cc1cc(Nc2nc(F)nc(Nc3cc(Nc4cc(F)c([N+](=O)[O-])cc4[N+](=O)[O-])ccc3S(=O)(=O)O)n2)ccc1SOOO. The molecule has 0 aliphatic heterocycles. The fourth-order valence-corrected chi connectivity index (χ4v) is 4.66. The number of halogens is 2. The molecule has 0 saturated heterocycles. The van der Waals surface area contributed by atoms with Crippen LogP contribution in [0, 0.1) is 39.0 Å². The summed E-state index contributed by atoms with van der Waals surface area (Å²) in [6.45, 7) is 1.69. The summed E-state index contributed by atoms with van der Waals surface area (Å²) >= 11 is 0.713. The van der Waals surface area contributed by atoms with Crippen molar-refractivity contribution in [2.45, 2.75) is 16.7 Å². The second-order valence-corrected chi connectivity index (χ2v) is 10.5. The van der Waals surface area contributed by atoms with Gasteiger partial charge in [0.25, 0.3) is 15.8 Å². The maximum Gasteiger partial charge on any atom is 0.315 e. The van der Waals surface area contributed by atoms with Gasteiger partial charge < -0.3 is 16.0 Å². The van der Waals surface area contributed by atoms with E-state index < -0.39 is 65.5 Å². The summed E-state index contributed by atoms with van der Waals surface area (Å²) in [5.74, 6) is -2.28. The molecule has 0 spiro atoms. The van der Waals surface area contributed by atoms with Crippen LogP contribution in [0.25, 0.3) is 0 Å². The Morgan fingerprint density at radius 2 is 1.50 bits per heavy atom. The molecular formula is C22H16F2N8O10S2. The molecule has 0 aliphatic rings. The van der Waals surface area contributed by atoms with E-state index in [0.29, 0.717) is 40.3 Å². The smallest absolute Gasteiger partial charge is 0.315 e. The fraction of sp³-hybridized carbons (Fsp3) is 0.0455. The molecule has 0 radical (unpaired) electrons. The molecule has 0 amide bonds. The Labute approximate surface area is 248 Å². The highest BCUT2D eigenvalue weighted by molar-refractivity contribution is 7.94. The third kappa shape index (κ3) is 7.63. The van der Waals surface area contributed by atoms with Gasteiger partial charge in [0.2, 0.25) is 17.7 Å². The summed E-state index contributed by atoms with van der Waals surface area (Å²) in [6, 6.07) is 8.46. The first-order chi connectivity index (χ1) is 20.7. The van der Waals surface area contributed by atoms with Crippen LogP contribution in [-0.2, 0) is 19.5 Å². The molecular weight excluding hydrogens is 638 g/mol. The molecule has 4 rings (SSSR count). The Balaban J connectivity index is 1.67. The van der Waals surface area contributed by atoms with Crippen molar-refractivity contribution in [3.05, 3.63) is 86.2 Å². The van der Waals surface area contributed by atoms with Crippen LogP contribution < -0.4 is 16.0 Å². The summed E-state index contributed by atoms with van der Waals surface area (Å²) < 4.78 is 66.7. The lowest BCUT2D eigenvalue weighted by Gasteiger charge is -2.14. The molecule has 1 aromatic heterocycles. The highest BCUT2D eigenvalue weighted by Gasteiger charge is 2.26. The van der Waals surface area contributed by atoms with Gasteiger partial charge in [-0.25, -0.2) is 5.26 Å². The molecule has 230 valence electrons. The second kappa shape index (κ2) is 13.0. The van der Waals surface area contributed by atoms with Crippen molar-refractivity contribution in [3.63, 3.8) is 0 Å². The summed E-state index contributed by atoms with van der Waals surface area (Å²) in [5, 5.41) is 41.9. The maximum absolute atomic E-state index is 14.3. The average Bonchev–Trinajstić information content (AvgIpc) is 2.91. The second-order valence-electron chi connectivity index (χ2n) is 8.35. The molecule has 0 fully saturated rings. The van der Waals surface area contributed by atoms with Crippen molar-refractivity contribution in [2.75, 3.05) is 16.0 Å². The molecule has 5 N–H and O–H groups in total. The number of hydrogen-bond acceptors (Lipinski definition) is 16. The van der Waals surface area contributed by atoms with E-state index in [0.717, 1.165) is 18.2 Å². The molecule has 0 saturated carbocycles. The zero-order valence-electron chi connectivity index (χ0n) is 21.6. The van der Waals surface area contributed by atoms with Gasteiger partial charge in [-0.05, 0) is 48.9 Å². The van der Waals surface area contributed by atoms with E-state index in [9.17, 15) is 42.0 Å². The number of nitro benzene ring substituents is 2. The molecule has 0 bridgehead atoms. The first-order valence-electron chi connectivity index (χ1n) is 11.5. The normalized spacial score (nSPS) is 11.2. The number of rotatable bonds is 12. The number of nitrogens with zero attached hydrogens (tertiary/aromatic N) is 5. The molecule has 18 nitrogen and oxygen atoms in total. The molecule has 44 heavy (non-hydrogen) atoms. The van der Waals surface area contributed by atoms with Crippen LogP contribution in [-0.4, -0.2) is 43.0 Å². The Morgan fingerprint density at radius 3 is 2.11 bits per heavy atom. The van der Waals surface area contributed by atoms with Gasteiger partial charge in [0.1, 0.15) is 10.6 Å². The van der Waals surface area contributed by atoms with Crippen molar-refractivity contribution in [1.29, 1.82) is 0 Å². The number of aromatic nitrogens is 3. The molecule has 1 heterocycles. The fourth-order valence-electron chi connectivity index (χ4n) is 3.61. The molecule has 3 aromatic carbocycles. The standard InChI is InChI=1S/C22H16F2N8O10S2/c1-10-6-11(2-4-18(10)43-42-41-37)26-21-28-20(24)29-22(30-21)27-15-7-12(3-5-19(15)44(38,39)40)25-14-8-13(23)16(31(33)34)9-17(14)32(35)36/h2-9,25,37H,1H3,(H,38,39,40)(H2,26,27,28,29,30). The summed E-state index contributed by atoms with van der Waals surface area (Å²) in [4.78, 5) is 31.1. The quantitative estimate of drug-likeness (QED) is 0.0433. The van der Waals surface area contributed by atoms with Gasteiger partial charge in [-0.15, -0.1) is 4.33 Å². The monoisotopic (exact) mass is 654 g/mol. The van der Waals surface area contributed by atoms with Gasteiger partial charge in [0.05, 0.1) is 33.6 Å². The van der Waals surface area contributed by atoms with E-state index in [-0.39, 0.29) is 11.6 Å². The van der Waals surface area contributed by atoms with Crippen LogP contribution in [0.2, 0.25) is 0 Å².